The second kappa shape index (κ2) is 4.75. The van der Waals surface area contributed by atoms with Gasteiger partial charge in [0.1, 0.15) is 17.4 Å². The zero-order chi connectivity index (χ0) is 12.3. The highest BCUT2D eigenvalue weighted by Crippen LogP contribution is 2.31. The van der Waals surface area contributed by atoms with Crippen molar-refractivity contribution in [1.82, 2.24) is 0 Å². The molecule has 0 bridgehead atoms. The van der Waals surface area contributed by atoms with Gasteiger partial charge in [0.15, 0.2) is 0 Å². The van der Waals surface area contributed by atoms with Crippen LogP contribution in [0.4, 0.5) is 0 Å². The summed E-state index contributed by atoms with van der Waals surface area (Å²) < 4.78 is 10.5. The normalized spacial score (nSPS) is 27.8. The van der Waals surface area contributed by atoms with Crippen LogP contribution in [0.5, 0.6) is 5.75 Å². The third-order valence-electron chi connectivity index (χ3n) is 3.14. The van der Waals surface area contributed by atoms with Gasteiger partial charge < -0.3 is 15.2 Å². The molecule has 92 valence electrons. The lowest BCUT2D eigenvalue weighted by atomic mass is 10.00. The molecule has 1 aliphatic rings. The Hall–Kier alpha value is -1.55. The standard InChI is InChI=1S/C13H17NO3/c1-16-12(15)13(14)8-7-11(9-13)17-10-5-3-2-4-6-10/h2-6,11H,7-9,14H2,1H3. The van der Waals surface area contributed by atoms with Crippen molar-refractivity contribution in [3.05, 3.63) is 30.3 Å². The lowest BCUT2D eigenvalue weighted by molar-refractivity contribution is -0.147. The molecule has 0 radical (unpaired) electrons. The van der Waals surface area contributed by atoms with Crippen molar-refractivity contribution in [2.75, 3.05) is 7.11 Å². The second-order valence-electron chi connectivity index (χ2n) is 4.44. The van der Waals surface area contributed by atoms with Gasteiger partial charge in [0, 0.05) is 6.42 Å². The SMILES string of the molecule is COC(=O)C1(N)CCC(Oc2ccccc2)C1. The van der Waals surface area contributed by atoms with Crippen LogP contribution in [0.15, 0.2) is 30.3 Å². The molecule has 0 saturated heterocycles. The number of esters is 1. The van der Waals surface area contributed by atoms with Crippen LogP contribution in [0.1, 0.15) is 19.3 Å². The predicted octanol–water partition coefficient (Wildman–Crippen LogP) is 1.49. The molecule has 0 amide bonds. The van der Waals surface area contributed by atoms with E-state index in [9.17, 15) is 4.79 Å². The van der Waals surface area contributed by atoms with Gasteiger partial charge in [-0.25, -0.2) is 0 Å². The maximum atomic E-state index is 11.5. The van der Waals surface area contributed by atoms with Crippen molar-refractivity contribution in [1.29, 1.82) is 0 Å². The van der Waals surface area contributed by atoms with Gasteiger partial charge in [-0.05, 0) is 25.0 Å². The van der Waals surface area contributed by atoms with Crippen LogP contribution >= 0.6 is 0 Å². The maximum absolute atomic E-state index is 11.5. The molecular weight excluding hydrogens is 218 g/mol. The quantitative estimate of drug-likeness (QED) is 0.806. The fourth-order valence-corrected chi connectivity index (χ4v) is 2.21. The summed E-state index contributed by atoms with van der Waals surface area (Å²) in [5.41, 5.74) is 5.12. The molecule has 0 aliphatic heterocycles. The summed E-state index contributed by atoms with van der Waals surface area (Å²) >= 11 is 0. The summed E-state index contributed by atoms with van der Waals surface area (Å²) in [6.45, 7) is 0. The Kier molecular flexibility index (Phi) is 3.33. The van der Waals surface area contributed by atoms with Crippen molar-refractivity contribution in [2.24, 2.45) is 5.73 Å². The smallest absolute Gasteiger partial charge is 0.325 e. The fraction of sp³-hybridized carbons (Fsp3) is 0.462. The highest BCUT2D eigenvalue weighted by Gasteiger charge is 2.44. The molecule has 1 aliphatic carbocycles. The third kappa shape index (κ3) is 2.58. The summed E-state index contributed by atoms with van der Waals surface area (Å²) in [6, 6.07) is 9.56. The largest absolute Gasteiger partial charge is 0.490 e. The molecule has 17 heavy (non-hydrogen) atoms. The van der Waals surface area contributed by atoms with Crippen molar-refractivity contribution in [3.8, 4) is 5.75 Å². The first-order valence-electron chi connectivity index (χ1n) is 5.73. The zero-order valence-electron chi connectivity index (χ0n) is 9.89. The Bertz CT molecular complexity index is 393. The Morgan fingerprint density at radius 2 is 2.12 bits per heavy atom. The van der Waals surface area contributed by atoms with E-state index in [0.717, 1.165) is 12.2 Å². The molecule has 2 unspecified atom stereocenters. The molecule has 0 spiro atoms. The van der Waals surface area contributed by atoms with Crippen LogP contribution in [0.2, 0.25) is 0 Å². The summed E-state index contributed by atoms with van der Waals surface area (Å²) in [5, 5.41) is 0. The zero-order valence-corrected chi connectivity index (χ0v) is 9.89. The molecule has 2 N–H and O–H groups in total. The molecular formula is C13H17NO3. The first kappa shape index (κ1) is 11.9. The lowest BCUT2D eigenvalue weighted by Crippen LogP contribution is -2.47. The van der Waals surface area contributed by atoms with Crippen LogP contribution in [0.3, 0.4) is 0 Å². The molecule has 1 aromatic carbocycles. The highest BCUT2D eigenvalue weighted by molar-refractivity contribution is 5.80. The Labute approximate surface area is 101 Å². The van der Waals surface area contributed by atoms with E-state index < -0.39 is 5.54 Å². The minimum absolute atomic E-state index is 0.0125. The number of benzene rings is 1. The molecule has 0 heterocycles. The molecule has 1 fully saturated rings. The molecule has 0 aromatic heterocycles. The number of hydrogen-bond acceptors (Lipinski definition) is 4. The first-order chi connectivity index (χ1) is 8.14. The molecule has 4 nitrogen and oxygen atoms in total. The van der Waals surface area contributed by atoms with Crippen LogP contribution in [0.25, 0.3) is 0 Å². The van der Waals surface area contributed by atoms with E-state index in [2.05, 4.69) is 0 Å². The number of ether oxygens (including phenoxy) is 2. The van der Waals surface area contributed by atoms with Gasteiger partial charge >= 0.3 is 5.97 Å². The maximum Gasteiger partial charge on any atom is 0.325 e. The summed E-state index contributed by atoms with van der Waals surface area (Å²) in [6.07, 6.45) is 1.88. The van der Waals surface area contributed by atoms with Crippen LogP contribution < -0.4 is 10.5 Å². The van der Waals surface area contributed by atoms with Crippen LogP contribution in [-0.2, 0) is 9.53 Å². The molecule has 4 heteroatoms. The fourth-order valence-electron chi connectivity index (χ4n) is 2.21. The van der Waals surface area contributed by atoms with Gasteiger partial charge in [0.25, 0.3) is 0 Å². The molecule has 2 atom stereocenters. The molecule has 1 aromatic rings. The molecule has 2 rings (SSSR count). The van der Waals surface area contributed by atoms with Crippen molar-refractivity contribution in [3.63, 3.8) is 0 Å². The number of nitrogens with two attached hydrogens (primary N) is 1. The van der Waals surface area contributed by atoms with E-state index in [4.69, 9.17) is 15.2 Å². The monoisotopic (exact) mass is 235 g/mol. The Balaban J connectivity index is 1.97. The topological polar surface area (TPSA) is 61.5 Å². The summed E-state index contributed by atoms with van der Waals surface area (Å²) in [7, 11) is 1.36. The lowest BCUT2D eigenvalue weighted by Gasteiger charge is -2.20. The Morgan fingerprint density at radius 1 is 1.41 bits per heavy atom. The average Bonchev–Trinajstić information content (AvgIpc) is 2.72. The predicted molar refractivity (Wildman–Crippen MR) is 63.6 cm³/mol. The highest BCUT2D eigenvalue weighted by atomic mass is 16.5. The average molecular weight is 235 g/mol. The van der Waals surface area contributed by atoms with Gasteiger partial charge in [-0.1, -0.05) is 18.2 Å². The minimum atomic E-state index is -0.881. The van der Waals surface area contributed by atoms with Crippen molar-refractivity contribution < 1.29 is 14.3 Å². The number of carbonyl (C=O) groups excluding carboxylic acids is 1. The number of rotatable bonds is 3. The van der Waals surface area contributed by atoms with E-state index in [1.165, 1.54) is 7.11 Å². The van der Waals surface area contributed by atoms with E-state index in [1.807, 2.05) is 30.3 Å². The molecule has 1 saturated carbocycles. The van der Waals surface area contributed by atoms with Crippen molar-refractivity contribution in [2.45, 2.75) is 30.9 Å². The van der Waals surface area contributed by atoms with E-state index in [1.54, 1.807) is 0 Å². The van der Waals surface area contributed by atoms with E-state index in [0.29, 0.717) is 12.8 Å². The van der Waals surface area contributed by atoms with Gasteiger partial charge in [-0.15, -0.1) is 0 Å². The van der Waals surface area contributed by atoms with E-state index >= 15 is 0 Å². The third-order valence-corrected chi connectivity index (χ3v) is 3.14. The Morgan fingerprint density at radius 3 is 2.76 bits per heavy atom. The number of carbonyl (C=O) groups is 1. The minimum Gasteiger partial charge on any atom is -0.490 e. The van der Waals surface area contributed by atoms with Crippen LogP contribution in [-0.4, -0.2) is 24.7 Å². The number of hydrogen-bond donors (Lipinski definition) is 1. The van der Waals surface area contributed by atoms with Crippen molar-refractivity contribution >= 4 is 5.97 Å². The second-order valence-corrected chi connectivity index (χ2v) is 4.44. The van der Waals surface area contributed by atoms with E-state index in [-0.39, 0.29) is 12.1 Å². The van der Waals surface area contributed by atoms with Crippen LogP contribution in [0, 0.1) is 0 Å². The summed E-state index contributed by atoms with van der Waals surface area (Å²) in [5.74, 6) is 0.461. The van der Waals surface area contributed by atoms with Gasteiger partial charge in [-0.2, -0.15) is 0 Å². The number of para-hydroxylation sites is 1. The van der Waals surface area contributed by atoms with Gasteiger partial charge in [0.05, 0.1) is 7.11 Å². The van der Waals surface area contributed by atoms with Gasteiger partial charge in [-0.3, -0.25) is 4.79 Å². The summed E-state index contributed by atoms with van der Waals surface area (Å²) in [4.78, 5) is 11.5. The van der Waals surface area contributed by atoms with Gasteiger partial charge in [0.2, 0.25) is 0 Å². The first-order valence-corrected chi connectivity index (χ1v) is 5.73. The number of methoxy groups -OCH3 is 1.